The zero-order chi connectivity index (χ0) is 24.8. The van der Waals surface area contributed by atoms with E-state index >= 15 is 0 Å². The molecule has 6 heteroatoms. The average Bonchev–Trinajstić information content (AvgIpc) is 2.85. The Bertz CT molecular complexity index is 1340. The smallest absolute Gasteiger partial charge is 0.255 e. The third-order valence-corrected chi connectivity index (χ3v) is 6.68. The molecule has 0 spiro atoms. The van der Waals surface area contributed by atoms with Crippen LogP contribution in [0.5, 0.6) is 0 Å². The molecule has 0 aromatic heterocycles. The van der Waals surface area contributed by atoms with Crippen molar-refractivity contribution in [1.82, 2.24) is 0 Å². The molecule has 0 aliphatic carbocycles. The molecule has 0 aliphatic rings. The summed E-state index contributed by atoms with van der Waals surface area (Å²) in [6.07, 6.45) is 0. The Kier molecular flexibility index (Phi) is 7.63. The number of rotatable bonds is 7. The molecule has 0 saturated heterocycles. The Morgan fingerprint density at radius 1 is 0.800 bits per heavy atom. The van der Waals surface area contributed by atoms with Crippen LogP contribution in [0, 0.1) is 19.7 Å². The second-order valence-corrected chi connectivity index (χ2v) is 9.38. The summed E-state index contributed by atoms with van der Waals surface area (Å²) in [6.45, 7) is 3.99. The monoisotopic (exact) mass is 484 g/mol. The van der Waals surface area contributed by atoms with E-state index in [2.05, 4.69) is 10.6 Å². The predicted octanol–water partition coefficient (Wildman–Crippen LogP) is 7.17. The van der Waals surface area contributed by atoms with Gasteiger partial charge >= 0.3 is 0 Å². The number of nitrogens with one attached hydrogen (secondary N) is 2. The molecular weight excluding hydrogens is 459 g/mol. The van der Waals surface area contributed by atoms with Gasteiger partial charge in [-0.15, -0.1) is 11.8 Å². The minimum Gasteiger partial charge on any atom is -0.325 e. The summed E-state index contributed by atoms with van der Waals surface area (Å²) in [5.74, 6) is -0.862. The second kappa shape index (κ2) is 11.0. The summed E-state index contributed by atoms with van der Waals surface area (Å²) < 4.78 is 13.2. The van der Waals surface area contributed by atoms with Crippen molar-refractivity contribution in [3.05, 3.63) is 125 Å². The van der Waals surface area contributed by atoms with Gasteiger partial charge < -0.3 is 10.6 Å². The minimum absolute atomic E-state index is 0.131. The normalized spacial score (nSPS) is 11.5. The maximum atomic E-state index is 13.4. The molecule has 4 aromatic rings. The Morgan fingerprint density at radius 2 is 1.54 bits per heavy atom. The highest BCUT2D eigenvalue weighted by atomic mass is 32.2. The fraction of sp³-hybridized carbons (Fsp3) is 0.103. The molecular formula is C29H25FN2O2S. The van der Waals surface area contributed by atoms with Gasteiger partial charge in [0.25, 0.3) is 5.91 Å². The fourth-order valence-electron chi connectivity index (χ4n) is 3.64. The van der Waals surface area contributed by atoms with Gasteiger partial charge in [0, 0.05) is 21.8 Å². The number of anilines is 2. The number of carbonyl (C=O) groups excluding carboxylic acids is 2. The maximum absolute atomic E-state index is 13.4. The van der Waals surface area contributed by atoms with Crippen LogP contribution in [-0.2, 0) is 4.79 Å². The van der Waals surface area contributed by atoms with Gasteiger partial charge in [-0.2, -0.15) is 0 Å². The van der Waals surface area contributed by atoms with Gasteiger partial charge in [-0.1, -0.05) is 54.1 Å². The summed E-state index contributed by atoms with van der Waals surface area (Å²) in [5, 5.41) is 5.41. The van der Waals surface area contributed by atoms with E-state index in [1.54, 1.807) is 6.07 Å². The van der Waals surface area contributed by atoms with Crippen molar-refractivity contribution in [2.24, 2.45) is 0 Å². The molecule has 0 fully saturated rings. The molecule has 4 aromatic carbocycles. The van der Waals surface area contributed by atoms with Crippen LogP contribution in [0.4, 0.5) is 15.8 Å². The minimum atomic E-state index is -0.500. The van der Waals surface area contributed by atoms with E-state index in [1.807, 2.05) is 80.6 Å². The lowest BCUT2D eigenvalue weighted by Crippen LogP contribution is -2.19. The summed E-state index contributed by atoms with van der Waals surface area (Å²) >= 11 is 1.40. The van der Waals surface area contributed by atoms with Crippen LogP contribution in [0.25, 0.3) is 0 Å². The molecule has 1 unspecified atom stereocenters. The highest BCUT2D eigenvalue weighted by Crippen LogP contribution is 2.37. The van der Waals surface area contributed by atoms with Gasteiger partial charge in [0.2, 0.25) is 5.91 Å². The molecule has 35 heavy (non-hydrogen) atoms. The lowest BCUT2D eigenvalue weighted by atomic mass is 10.1. The van der Waals surface area contributed by atoms with Gasteiger partial charge in [0.05, 0.1) is 0 Å². The standard InChI is InChI=1S/C29H25FN2O2S/c1-19-11-16-26(20(2)17-19)32-29(34)27(21-7-4-3-5-8-21)35-25-10-6-9-24(18-25)31-28(33)22-12-14-23(30)15-13-22/h3-18,27H,1-2H3,(H,31,33)(H,32,34). The second-order valence-electron chi connectivity index (χ2n) is 8.21. The van der Waals surface area contributed by atoms with E-state index in [4.69, 9.17) is 0 Å². The van der Waals surface area contributed by atoms with Crippen molar-refractivity contribution in [2.75, 3.05) is 10.6 Å². The Labute approximate surface area is 208 Å². The molecule has 176 valence electrons. The number of thioether (sulfide) groups is 1. The van der Waals surface area contributed by atoms with E-state index in [0.29, 0.717) is 11.3 Å². The number of benzene rings is 4. The van der Waals surface area contributed by atoms with Crippen LogP contribution in [0.15, 0.2) is 102 Å². The van der Waals surface area contributed by atoms with Crippen LogP contribution >= 0.6 is 11.8 Å². The molecule has 0 saturated carbocycles. The number of aryl methyl sites for hydroxylation is 2. The molecule has 0 radical (unpaired) electrons. The number of amides is 2. The van der Waals surface area contributed by atoms with Crippen molar-refractivity contribution in [3.8, 4) is 0 Å². The molecule has 1 atom stereocenters. The molecule has 2 N–H and O–H groups in total. The number of halogens is 1. The molecule has 4 rings (SSSR count). The van der Waals surface area contributed by atoms with Crippen molar-refractivity contribution in [2.45, 2.75) is 24.0 Å². The van der Waals surface area contributed by atoms with Gasteiger partial charge in [0.1, 0.15) is 11.1 Å². The van der Waals surface area contributed by atoms with Gasteiger partial charge in [-0.3, -0.25) is 9.59 Å². The highest BCUT2D eigenvalue weighted by Gasteiger charge is 2.23. The first-order valence-corrected chi connectivity index (χ1v) is 12.0. The molecule has 4 nitrogen and oxygen atoms in total. The van der Waals surface area contributed by atoms with Crippen LogP contribution in [0.2, 0.25) is 0 Å². The Morgan fingerprint density at radius 3 is 2.26 bits per heavy atom. The van der Waals surface area contributed by atoms with Crippen molar-refractivity contribution in [3.63, 3.8) is 0 Å². The van der Waals surface area contributed by atoms with E-state index < -0.39 is 11.1 Å². The summed E-state index contributed by atoms with van der Waals surface area (Å²) in [5.41, 5.74) is 4.74. The van der Waals surface area contributed by atoms with Gasteiger partial charge in [-0.25, -0.2) is 4.39 Å². The number of hydrogen-bond acceptors (Lipinski definition) is 3. The lowest BCUT2D eigenvalue weighted by Gasteiger charge is -2.18. The third-order valence-electron chi connectivity index (χ3n) is 5.43. The molecule has 0 aliphatic heterocycles. The van der Waals surface area contributed by atoms with Crippen molar-refractivity contribution >= 4 is 35.0 Å². The van der Waals surface area contributed by atoms with Crippen LogP contribution < -0.4 is 10.6 Å². The van der Waals surface area contributed by atoms with Gasteiger partial charge in [-0.05, 0) is 73.5 Å². The first-order chi connectivity index (χ1) is 16.9. The van der Waals surface area contributed by atoms with Gasteiger partial charge in [0.15, 0.2) is 0 Å². The Balaban J connectivity index is 1.55. The van der Waals surface area contributed by atoms with Crippen LogP contribution in [0.1, 0.15) is 32.3 Å². The van der Waals surface area contributed by atoms with Crippen molar-refractivity contribution in [1.29, 1.82) is 0 Å². The molecule has 2 amide bonds. The Hall–Kier alpha value is -3.90. The third kappa shape index (κ3) is 6.37. The van der Waals surface area contributed by atoms with E-state index in [0.717, 1.165) is 27.3 Å². The summed E-state index contributed by atoms with van der Waals surface area (Å²) in [6, 6.07) is 28.2. The van der Waals surface area contributed by atoms with Crippen molar-refractivity contribution < 1.29 is 14.0 Å². The van der Waals surface area contributed by atoms with Crippen LogP contribution in [-0.4, -0.2) is 11.8 Å². The zero-order valence-corrected chi connectivity index (χ0v) is 20.2. The summed E-state index contributed by atoms with van der Waals surface area (Å²) in [7, 11) is 0. The topological polar surface area (TPSA) is 58.2 Å². The first kappa shape index (κ1) is 24.2. The quantitative estimate of drug-likeness (QED) is 0.274. The summed E-state index contributed by atoms with van der Waals surface area (Å²) in [4.78, 5) is 26.8. The predicted molar refractivity (Wildman–Crippen MR) is 140 cm³/mol. The first-order valence-electron chi connectivity index (χ1n) is 11.2. The van der Waals surface area contributed by atoms with E-state index in [9.17, 15) is 14.0 Å². The van der Waals surface area contributed by atoms with E-state index in [-0.39, 0.29) is 11.8 Å². The SMILES string of the molecule is Cc1ccc(NC(=O)C(Sc2cccc(NC(=O)c3ccc(F)cc3)c2)c2ccccc2)c(C)c1. The fourth-order valence-corrected chi connectivity index (χ4v) is 4.72. The lowest BCUT2D eigenvalue weighted by molar-refractivity contribution is -0.115. The number of carbonyl (C=O) groups is 2. The highest BCUT2D eigenvalue weighted by molar-refractivity contribution is 8.00. The molecule has 0 heterocycles. The maximum Gasteiger partial charge on any atom is 0.255 e. The largest absolute Gasteiger partial charge is 0.325 e. The average molecular weight is 485 g/mol. The van der Waals surface area contributed by atoms with E-state index in [1.165, 1.54) is 36.0 Å². The number of hydrogen-bond donors (Lipinski definition) is 2. The molecule has 0 bridgehead atoms. The van der Waals surface area contributed by atoms with Crippen LogP contribution in [0.3, 0.4) is 0 Å². The zero-order valence-electron chi connectivity index (χ0n) is 19.4.